The molecular weight excluding hydrogens is 174 g/mol. The number of nitrogens with one attached hydrogen (secondary N) is 1. The predicted octanol–water partition coefficient (Wildman–Crippen LogP) is 2.83. The van der Waals surface area contributed by atoms with E-state index in [0.717, 1.165) is 19.6 Å². The van der Waals surface area contributed by atoms with Crippen LogP contribution in [0.25, 0.3) is 0 Å². The Kier molecular flexibility index (Phi) is 8.20. The van der Waals surface area contributed by atoms with Crippen molar-refractivity contribution in [1.29, 1.82) is 0 Å². The standard InChI is InChI=1S/C12H27NO/c1-10(2)12(5)14-9-7-6-8-13-11(3)4/h10-13H,6-9H2,1-5H3. The van der Waals surface area contributed by atoms with Gasteiger partial charge < -0.3 is 10.1 Å². The number of hydrogen-bond acceptors (Lipinski definition) is 2. The molecule has 0 amide bonds. The second-order valence-corrected chi connectivity index (χ2v) is 4.64. The summed E-state index contributed by atoms with van der Waals surface area (Å²) >= 11 is 0. The van der Waals surface area contributed by atoms with E-state index in [1.54, 1.807) is 0 Å². The number of hydrogen-bond donors (Lipinski definition) is 1. The molecule has 0 fully saturated rings. The molecule has 0 aliphatic rings. The van der Waals surface area contributed by atoms with Crippen molar-refractivity contribution in [2.24, 2.45) is 5.92 Å². The van der Waals surface area contributed by atoms with Gasteiger partial charge in [-0.3, -0.25) is 0 Å². The van der Waals surface area contributed by atoms with Gasteiger partial charge >= 0.3 is 0 Å². The Bertz CT molecular complexity index is 123. The van der Waals surface area contributed by atoms with Crippen molar-refractivity contribution < 1.29 is 4.74 Å². The fourth-order valence-electron chi connectivity index (χ4n) is 1.08. The minimum absolute atomic E-state index is 0.396. The topological polar surface area (TPSA) is 21.3 Å². The van der Waals surface area contributed by atoms with Crippen LogP contribution in [-0.2, 0) is 4.74 Å². The zero-order valence-electron chi connectivity index (χ0n) is 10.5. The summed E-state index contributed by atoms with van der Waals surface area (Å²) in [6.07, 6.45) is 2.77. The lowest BCUT2D eigenvalue weighted by Gasteiger charge is -2.16. The molecule has 0 saturated carbocycles. The zero-order valence-corrected chi connectivity index (χ0v) is 10.5. The average molecular weight is 201 g/mol. The number of ether oxygens (including phenoxy) is 1. The predicted molar refractivity (Wildman–Crippen MR) is 62.6 cm³/mol. The van der Waals surface area contributed by atoms with E-state index in [-0.39, 0.29) is 0 Å². The molecule has 1 N–H and O–H groups in total. The third kappa shape index (κ3) is 8.52. The summed E-state index contributed by atoms with van der Waals surface area (Å²) in [5, 5.41) is 3.40. The van der Waals surface area contributed by atoms with Gasteiger partial charge in [-0.2, -0.15) is 0 Å². The van der Waals surface area contributed by atoms with Crippen LogP contribution in [-0.4, -0.2) is 25.3 Å². The molecule has 0 aliphatic heterocycles. The molecule has 0 bridgehead atoms. The van der Waals surface area contributed by atoms with Gasteiger partial charge in [0.05, 0.1) is 6.10 Å². The molecule has 0 spiro atoms. The summed E-state index contributed by atoms with van der Waals surface area (Å²) in [7, 11) is 0. The summed E-state index contributed by atoms with van der Waals surface area (Å²) in [6.45, 7) is 12.9. The Morgan fingerprint density at radius 3 is 2.14 bits per heavy atom. The van der Waals surface area contributed by atoms with Crippen LogP contribution < -0.4 is 5.32 Å². The first-order chi connectivity index (χ1) is 6.54. The Morgan fingerprint density at radius 1 is 1.00 bits per heavy atom. The van der Waals surface area contributed by atoms with E-state index in [1.165, 1.54) is 6.42 Å². The highest BCUT2D eigenvalue weighted by Crippen LogP contribution is 2.05. The van der Waals surface area contributed by atoms with Crippen molar-refractivity contribution in [2.45, 2.75) is 59.6 Å². The van der Waals surface area contributed by atoms with Gasteiger partial charge in [0.15, 0.2) is 0 Å². The third-order valence-corrected chi connectivity index (χ3v) is 2.44. The second-order valence-electron chi connectivity index (χ2n) is 4.64. The third-order valence-electron chi connectivity index (χ3n) is 2.44. The van der Waals surface area contributed by atoms with E-state index in [4.69, 9.17) is 4.74 Å². The van der Waals surface area contributed by atoms with Gasteiger partial charge in [-0.15, -0.1) is 0 Å². The molecule has 0 heterocycles. The van der Waals surface area contributed by atoms with Crippen LogP contribution in [0.2, 0.25) is 0 Å². The Hall–Kier alpha value is -0.0800. The molecule has 1 unspecified atom stereocenters. The highest BCUT2D eigenvalue weighted by Gasteiger charge is 2.05. The van der Waals surface area contributed by atoms with E-state index in [0.29, 0.717) is 18.1 Å². The normalized spacial score (nSPS) is 13.9. The molecule has 0 aromatic carbocycles. The van der Waals surface area contributed by atoms with Gasteiger partial charge in [-0.25, -0.2) is 0 Å². The minimum Gasteiger partial charge on any atom is -0.378 e. The Balaban J connectivity index is 3.13. The van der Waals surface area contributed by atoms with Gasteiger partial charge in [0.25, 0.3) is 0 Å². The molecule has 0 radical (unpaired) electrons. The van der Waals surface area contributed by atoms with Crippen LogP contribution in [0.5, 0.6) is 0 Å². The molecule has 1 atom stereocenters. The number of unbranched alkanes of at least 4 members (excludes halogenated alkanes) is 1. The fourth-order valence-corrected chi connectivity index (χ4v) is 1.08. The maximum Gasteiger partial charge on any atom is 0.0569 e. The van der Waals surface area contributed by atoms with E-state index in [1.807, 2.05) is 0 Å². The van der Waals surface area contributed by atoms with E-state index >= 15 is 0 Å². The second kappa shape index (κ2) is 8.25. The molecule has 0 aromatic rings. The quantitative estimate of drug-likeness (QED) is 0.610. The molecule has 0 aliphatic carbocycles. The lowest BCUT2D eigenvalue weighted by Crippen LogP contribution is -2.24. The summed E-state index contributed by atoms with van der Waals surface area (Å²) in [4.78, 5) is 0. The van der Waals surface area contributed by atoms with Crippen molar-refractivity contribution in [1.82, 2.24) is 5.32 Å². The van der Waals surface area contributed by atoms with Crippen molar-refractivity contribution in [3.8, 4) is 0 Å². The lowest BCUT2D eigenvalue weighted by molar-refractivity contribution is 0.0334. The first-order valence-corrected chi connectivity index (χ1v) is 5.89. The van der Waals surface area contributed by atoms with Crippen molar-refractivity contribution >= 4 is 0 Å². The maximum atomic E-state index is 5.68. The molecule has 0 saturated heterocycles. The molecule has 14 heavy (non-hydrogen) atoms. The zero-order chi connectivity index (χ0) is 11.0. The largest absolute Gasteiger partial charge is 0.378 e. The minimum atomic E-state index is 0.396. The Morgan fingerprint density at radius 2 is 1.64 bits per heavy atom. The van der Waals surface area contributed by atoms with Gasteiger partial charge in [0, 0.05) is 12.6 Å². The van der Waals surface area contributed by atoms with Crippen molar-refractivity contribution in [3.05, 3.63) is 0 Å². The van der Waals surface area contributed by atoms with Gasteiger partial charge in [-0.1, -0.05) is 27.7 Å². The van der Waals surface area contributed by atoms with Gasteiger partial charge in [-0.05, 0) is 32.2 Å². The summed E-state index contributed by atoms with van der Waals surface area (Å²) in [6, 6.07) is 0.602. The first kappa shape index (κ1) is 13.9. The monoisotopic (exact) mass is 201 g/mol. The fraction of sp³-hybridized carbons (Fsp3) is 1.00. The highest BCUT2D eigenvalue weighted by molar-refractivity contribution is 4.56. The molecule has 0 rings (SSSR count). The molecule has 2 nitrogen and oxygen atoms in total. The van der Waals surface area contributed by atoms with E-state index < -0.39 is 0 Å². The smallest absolute Gasteiger partial charge is 0.0569 e. The van der Waals surface area contributed by atoms with Crippen LogP contribution in [0, 0.1) is 5.92 Å². The lowest BCUT2D eigenvalue weighted by atomic mass is 10.1. The van der Waals surface area contributed by atoms with Gasteiger partial charge in [0.2, 0.25) is 0 Å². The molecule has 0 aromatic heterocycles. The van der Waals surface area contributed by atoms with Crippen molar-refractivity contribution in [3.63, 3.8) is 0 Å². The molecule has 2 heteroatoms. The van der Waals surface area contributed by atoms with E-state index in [9.17, 15) is 0 Å². The van der Waals surface area contributed by atoms with Crippen LogP contribution >= 0.6 is 0 Å². The van der Waals surface area contributed by atoms with Gasteiger partial charge in [0.1, 0.15) is 0 Å². The Labute approximate surface area is 89.4 Å². The summed E-state index contributed by atoms with van der Waals surface area (Å²) < 4.78 is 5.68. The summed E-state index contributed by atoms with van der Waals surface area (Å²) in [5.74, 6) is 0.629. The average Bonchev–Trinajstić information content (AvgIpc) is 2.09. The molecule has 86 valence electrons. The van der Waals surface area contributed by atoms with Crippen LogP contribution in [0.1, 0.15) is 47.5 Å². The van der Waals surface area contributed by atoms with Crippen LogP contribution in [0.15, 0.2) is 0 Å². The number of rotatable bonds is 8. The van der Waals surface area contributed by atoms with Crippen molar-refractivity contribution in [2.75, 3.05) is 13.2 Å². The van der Waals surface area contributed by atoms with Crippen LogP contribution in [0.4, 0.5) is 0 Å². The summed E-state index contributed by atoms with van der Waals surface area (Å²) in [5.41, 5.74) is 0. The molecular formula is C12H27NO. The maximum absolute atomic E-state index is 5.68. The SMILES string of the molecule is CC(C)NCCCCOC(C)C(C)C. The van der Waals surface area contributed by atoms with Crippen LogP contribution in [0.3, 0.4) is 0 Å². The van der Waals surface area contributed by atoms with E-state index in [2.05, 4.69) is 39.9 Å². The first-order valence-electron chi connectivity index (χ1n) is 5.89. The highest BCUT2D eigenvalue weighted by atomic mass is 16.5.